The van der Waals surface area contributed by atoms with E-state index in [0.717, 1.165) is 17.7 Å². The standard InChI is InChI=1S/C24H30N2O4/c1-4-29-21-12-8-6-10-19(21)23(27)26-22(16(2)3)24(28)25-14-17-13-18-9-5-7-11-20(18)30-15-17/h5-12,16-17,22H,4,13-15H2,1-3H3,(H,25,28)(H,26,27). The molecule has 6 nitrogen and oxygen atoms in total. The first-order valence-corrected chi connectivity index (χ1v) is 10.5. The average molecular weight is 411 g/mol. The SMILES string of the molecule is CCOc1ccccc1C(=O)NC(C(=O)NCC1COc2ccccc2C1)C(C)C. The Morgan fingerprint density at radius 3 is 2.63 bits per heavy atom. The monoisotopic (exact) mass is 410 g/mol. The van der Waals surface area contributed by atoms with Crippen LogP contribution in [0.4, 0.5) is 0 Å². The molecule has 0 bridgehead atoms. The van der Waals surface area contributed by atoms with Crippen LogP contribution in [0.5, 0.6) is 11.5 Å². The number of amides is 2. The van der Waals surface area contributed by atoms with Crippen LogP contribution in [0.25, 0.3) is 0 Å². The molecule has 3 rings (SSSR count). The molecule has 30 heavy (non-hydrogen) atoms. The lowest BCUT2D eigenvalue weighted by Gasteiger charge is -2.27. The first-order valence-electron chi connectivity index (χ1n) is 10.5. The van der Waals surface area contributed by atoms with E-state index < -0.39 is 6.04 Å². The molecule has 1 aliphatic heterocycles. The fourth-order valence-electron chi connectivity index (χ4n) is 3.57. The van der Waals surface area contributed by atoms with Crippen LogP contribution in [0.1, 0.15) is 36.7 Å². The summed E-state index contributed by atoms with van der Waals surface area (Å²) in [5.41, 5.74) is 1.58. The van der Waals surface area contributed by atoms with E-state index in [1.807, 2.05) is 45.0 Å². The van der Waals surface area contributed by atoms with Crippen molar-refractivity contribution in [2.45, 2.75) is 33.2 Å². The fourth-order valence-corrected chi connectivity index (χ4v) is 3.57. The Bertz CT molecular complexity index is 881. The van der Waals surface area contributed by atoms with Gasteiger partial charge >= 0.3 is 0 Å². The number of ether oxygens (including phenoxy) is 2. The summed E-state index contributed by atoms with van der Waals surface area (Å²) in [4.78, 5) is 25.7. The van der Waals surface area contributed by atoms with Crippen molar-refractivity contribution in [3.8, 4) is 11.5 Å². The molecule has 0 radical (unpaired) electrons. The summed E-state index contributed by atoms with van der Waals surface area (Å²) in [6.07, 6.45) is 0.858. The highest BCUT2D eigenvalue weighted by Gasteiger charge is 2.27. The third-order valence-corrected chi connectivity index (χ3v) is 5.19. The lowest BCUT2D eigenvalue weighted by atomic mass is 9.96. The molecule has 0 saturated carbocycles. The first kappa shape index (κ1) is 21.7. The number of hydrogen-bond donors (Lipinski definition) is 2. The van der Waals surface area contributed by atoms with Crippen molar-refractivity contribution in [2.24, 2.45) is 11.8 Å². The van der Waals surface area contributed by atoms with Crippen LogP contribution in [0, 0.1) is 11.8 Å². The predicted molar refractivity (Wildman–Crippen MR) is 116 cm³/mol. The molecule has 6 heteroatoms. The van der Waals surface area contributed by atoms with Crippen molar-refractivity contribution in [1.29, 1.82) is 0 Å². The van der Waals surface area contributed by atoms with E-state index in [1.54, 1.807) is 18.2 Å². The maximum atomic E-state index is 12.9. The molecule has 0 fully saturated rings. The predicted octanol–water partition coefficient (Wildman–Crippen LogP) is 3.21. The number of fused-ring (bicyclic) bond motifs is 1. The highest BCUT2D eigenvalue weighted by molar-refractivity contribution is 5.99. The summed E-state index contributed by atoms with van der Waals surface area (Å²) in [5.74, 6) is 1.07. The molecule has 1 heterocycles. The van der Waals surface area contributed by atoms with Gasteiger partial charge in [0.1, 0.15) is 17.5 Å². The molecule has 0 spiro atoms. The highest BCUT2D eigenvalue weighted by atomic mass is 16.5. The van der Waals surface area contributed by atoms with Gasteiger partial charge in [0, 0.05) is 12.5 Å². The number of para-hydroxylation sites is 2. The van der Waals surface area contributed by atoms with Crippen molar-refractivity contribution in [1.82, 2.24) is 10.6 Å². The maximum Gasteiger partial charge on any atom is 0.255 e. The third-order valence-electron chi connectivity index (χ3n) is 5.19. The third kappa shape index (κ3) is 5.32. The molecular weight excluding hydrogens is 380 g/mol. The van der Waals surface area contributed by atoms with Gasteiger partial charge in [0.2, 0.25) is 5.91 Å². The van der Waals surface area contributed by atoms with E-state index in [2.05, 4.69) is 16.7 Å². The van der Waals surface area contributed by atoms with Gasteiger partial charge in [-0.1, -0.05) is 44.2 Å². The van der Waals surface area contributed by atoms with Gasteiger partial charge in [-0.2, -0.15) is 0 Å². The van der Waals surface area contributed by atoms with E-state index in [4.69, 9.17) is 9.47 Å². The zero-order valence-electron chi connectivity index (χ0n) is 17.8. The molecule has 2 unspecified atom stereocenters. The lowest BCUT2D eigenvalue weighted by molar-refractivity contribution is -0.124. The lowest BCUT2D eigenvalue weighted by Crippen LogP contribution is -2.51. The van der Waals surface area contributed by atoms with E-state index in [1.165, 1.54) is 0 Å². The summed E-state index contributed by atoms with van der Waals surface area (Å²) in [5, 5.41) is 5.87. The Kier molecular flexibility index (Phi) is 7.33. The van der Waals surface area contributed by atoms with Crippen molar-refractivity contribution in [3.63, 3.8) is 0 Å². The first-order chi connectivity index (χ1) is 14.5. The minimum atomic E-state index is -0.635. The molecule has 0 aromatic heterocycles. The van der Waals surface area contributed by atoms with Crippen LogP contribution in [0.3, 0.4) is 0 Å². The molecule has 0 saturated heterocycles. The molecule has 160 valence electrons. The zero-order chi connectivity index (χ0) is 21.5. The number of carbonyl (C=O) groups excluding carboxylic acids is 2. The largest absolute Gasteiger partial charge is 0.493 e. The summed E-state index contributed by atoms with van der Waals surface area (Å²) < 4.78 is 11.3. The molecule has 2 N–H and O–H groups in total. The van der Waals surface area contributed by atoms with Crippen LogP contribution in [-0.4, -0.2) is 37.6 Å². The van der Waals surface area contributed by atoms with Crippen molar-refractivity contribution < 1.29 is 19.1 Å². The quantitative estimate of drug-likeness (QED) is 0.701. The van der Waals surface area contributed by atoms with Gasteiger partial charge in [0.25, 0.3) is 5.91 Å². The van der Waals surface area contributed by atoms with E-state index in [-0.39, 0.29) is 23.7 Å². The van der Waals surface area contributed by atoms with E-state index >= 15 is 0 Å². The van der Waals surface area contributed by atoms with Crippen LogP contribution >= 0.6 is 0 Å². The number of hydrogen-bond acceptors (Lipinski definition) is 4. The summed E-state index contributed by atoms with van der Waals surface area (Å²) in [7, 11) is 0. The van der Waals surface area contributed by atoms with Crippen LogP contribution in [0.2, 0.25) is 0 Å². The number of carbonyl (C=O) groups is 2. The second kappa shape index (κ2) is 10.1. The molecule has 1 aliphatic rings. The second-order valence-corrected chi connectivity index (χ2v) is 7.86. The van der Waals surface area contributed by atoms with Crippen LogP contribution in [-0.2, 0) is 11.2 Å². The van der Waals surface area contributed by atoms with Gasteiger partial charge in [0.15, 0.2) is 0 Å². The van der Waals surface area contributed by atoms with Gasteiger partial charge in [0.05, 0.1) is 18.8 Å². The number of nitrogens with one attached hydrogen (secondary N) is 2. The zero-order valence-corrected chi connectivity index (χ0v) is 17.8. The highest BCUT2D eigenvalue weighted by Crippen LogP contribution is 2.26. The molecule has 0 aliphatic carbocycles. The molecule has 2 aromatic rings. The Morgan fingerprint density at radius 1 is 1.13 bits per heavy atom. The molecule has 2 amide bonds. The van der Waals surface area contributed by atoms with E-state index in [9.17, 15) is 9.59 Å². The Hall–Kier alpha value is -3.02. The van der Waals surface area contributed by atoms with Crippen LogP contribution in [0.15, 0.2) is 48.5 Å². The minimum absolute atomic E-state index is 0.0588. The van der Waals surface area contributed by atoms with Crippen molar-refractivity contribution in [2.75, 3.05) is 19.8 Å². The fraction of sp³-hybridized carbons (Fsp3) is 0.417. The van der Waals surface area contributed by atoms with Gasteiger partial charge in [-0.25, -0.2) is 0 Å². The van der Waals surface area contributed by atoms with E-state index in [0.29, 0.717) is 31.1 Å². The summed E-state index contributed by atoms with van der Waals surface area (Å²) in [6, 6.07) is 14.4. The number of rotatable bonds is 8. The van der Waals surface area contributed by atoms with Gasteiger partial charge < -0.3 is 20.1 Å². The van der Waals surface area contributed by atoms with Crippen LogP contribution < -0.4 is 20.1 Å². The summed E-state index contributed by atoms with van der Waals surface area (Å²) >= 11 is 0. The summed E-state index contributed by atoms with van der Waals surface area (Å²) in [6.45, 7) is 7.23. The molecular formula is C24H30N2O4. The Morgan fingerprint density at radius 2 is 1.87 bits per heavy atom. The molecule has 2 aromatic carbocycles. The van der Waals surface area contributed by atoms with Gasteiger partial charge in [-0.15, -0.1) is 0 Å². The van der Waals surface area contributed by atoms with Crippen molar-refractivity contribution in [3.05, 3.63) is 59.7 Å². The minimum Gasteiger partial charge on any atom is -0.493 e. The smallest absolute Gasteiger partial charge is 0.255 e. The Labute approximate surface area is 178 Å². The molecule has 2 atom stereocenters. The van der Waals surface area contributed by atoms with Crippen molar-refractivity contribution >= 4 is 11.8 Å². The normalized spacial score (nSPS) is 16.2. The average Bonchev–Trinajstić information content (AvgIpc) is 2.76. The maximum absolute atomic E-state index is 12.9. The van der Waals surface area contributed by atoms with Gasteiger partial charge in [-0.05, 0) is 43.0 Å². The van der Waals surface area contributed by atoms with Gasteiger partial charge in [-0.3, -0.25) is 9.59 Å². The Balaban J connectivity index is 1.60. The topological polar surface area (TPSA) is 76.7 Å². The second-order valence-electron chi connectivity index (χ2n) is 7.86. The number of benzene rings is 2.